The molecular formula is C14H18BrClO2. The van der Waals surface area contributed by atoms with Gasteiger partial charge in [-0.1, -0.05) is 12.5 Å². The average molecular weight is 334 g/mol. The monoisotopic (exact) mass is 332 g/mol. The van der Waals surface area contributed by atoms with Gasteiger partial charge in [-0.15, -0.1) is 11.6 Å². The lowest BCUT2D eigenvalue weighted by Gasteiger charge is -2.27. The Hall–Kier alpha value is -0.410. The summed E-state index contributed by atoms with van der Waals surface area (Å²) in [7, 11) is 3.36. The molecular weight excluding hydrogens is 316 g/mol. The molecule has 0 aliphatic heterocycles. The van der Waals surface area contributed by atoms with E-state index < -0.39 is 0 Å². The van der Waals surface area contributed by atoms with Gasteiger partial charge in [-0.3, -0.25) is 0 Å². The van der Waals surface area contributed by atoms with Crippen LogP contribution < -0.4 is 9.47 Å². The Bertz CT molecular complexity index is 423. The third kappa shape index (κ3) is 2.77. The van der Waals surface area contributed by atoms with Crippen molar-refractivity contribution >= 4 is 27.5 Å². The summed E-state index contributed by atoms with van der Waals surface area (Å²) < 4.78 is 11.7. The van der Waals surface area contributed by atoms with E-state index >= 15 is 0 Å². The molecule has 1 aliphatic rings. The zero-order valence-electron chi connectivity index (χ0n) is 10.7. The molecule has 2 nitrogen and oxygen atoms in total. The smallest absolute Gasteiger partial charge is 0.140 e. The molecule has 0 saturated heterocycles. The zero-order valence-corrected chi connectivity index (χ0v) is 13.1. The summed E-state index contributed by atoms with van der Waals surface area (Å²) in [6.07, 6.45) is 4.51. The Labute approximate surface area is 122 Å². The minimum atomic E-state index is 0.286. The molecule has 100 valence electrons. The summed E-state index contributed by atoms with van der Waals surface area (Å²) in [4.78, 5) is 0. The lowest BCUT2D eigenvalue weighted by atomic mass is 9.83. The van der Waals surface area contributed by atoms with Crippen molar-refractivity contribution in [1.29, 1.82) is 0 Å². The van der Waals surface area contributed by atoms with Gasteiger partial charge >= 0.3 is 0 Å². The second-order valence-electron chi connectivity index (χ2n) is 4.67. The van der Waals surface area contributed by atoms with Crippen molar-refractivity contribution in [1.82, 2.24) is 0 Å². The lowest BCUT2D eigenvalue weighted by molar-refractivity contribution is 0.373. The molecule has 1 fully saturated rings. The fourth-order valence-electron chi connectivity index (χ4n) is 2.65. The summed E-state index contributed by atoms with van der Waals surface area (Å²) in [5.74, 6) is 2.16. The van der Waals surface area contributed by atoms with E-state index in [0.717, 1.165) is 28.8 Å². The molecule has 1 aliphatic carbocycles. The Kier molecular flexibility index (Phi) is 4.79. The molecule has 4 heteroatoms. The van der Waals surface area contributed by atoms with E-state index in [4.69, 9.17) is 21.1 Å². The number of halogens is 2. The summed E-state index contributed by atoms with van der Waals surface area (Å²) in [6, 6.07) is 4.09. The maximum Gasteiger partial charge on any atom is 0.140 e. The quantitative estimate of drug-likeness (QED) is 0.744. The number of benzene rings is 1. The van der Waals surface area contributed by atoms with E-state index in [-0.39, 0.29) is 5.38 Å². The largest absolute Gasteiger partial charge is 0.495 e. The van der Waals surface area contributed by atoms with E-state index in [2.05, 4.69) is 22.0 Å². The van der Waals surface area contributed by atoms with Crippen LogP contribution in [0, 0.1) is 0 Å². The highest BCUT2D eigenvalue weighted by Crippen LogP contribution is 2.44. The third-order valence-corrected chi connectivity index (χ3v) is 4.71. The summed E-state index contributed by atoms with van der Waals surface area (Å²) >= 11 is 9.83. The molecule has 2 atom stereocenters. The van der Waals surface area contributed by atoms with E-state index in [1.165, 1.54) is 18.4 Å². The van der Waals surface area contributed by atoms with Gasteiger partial charge in [0.25, 0.3) is 0 Å². The van der Waals surface area contributed by atoms with Gasteiger partial charge in [-0.25, -0.2) is 0 Å². The fraction of sp³-hybridized carbons (Fsp3) is 0.571. The molecule has 18 heavy (non-hydrogen) atoms. The van der Waals surface area contributed by atoms with Crippen molar-refractivity contribution in [3.63, 3.8) is 0 Å². The van der Waals surface area contributed by atoms with E-state index in [1.54, 1.807) is 14.2 Å². The first kappa shape index (κ1) is 14.0. The van der Waals surface area contributed by atoms with E-state index in [0.29, 0.717) is 5.92 Å². The van der Waals surface area contributed by atoms with Gasteiger partial charge in [0, 0.05) is 5.38 Å². The predicted octanol–water partition coefficient (Wildman–Crippen LogP) is 4.73. The minimum Gasteiger partial charge on any atom is -0.495 e. The molecule has 2 unspecified atom stereocenters. The summed E-state index contributed by atoms with van der Waals surface area (Å²) in [6.45, 7) is 0. The molecule has 1 aromatic carbocycles. The van der Waals surface area contributed by atoms with Gasteiger partial charge in [0.2, 0.25) is 0 Å². The van der Waals surface area contributed by atoms with Crippen LogP contribution in [0.3, 0.4) is 0 Å². The molecule has 0 aromatic heterocycles. The topological polar surface area (TPSA) is 18.5 Å². The van der Waals surface area contributed by atoms with Crippen LogP contribution in [0.15, 0.2) is 16.6 Å². The van der Waals surface area contributed by atoms with Gasteiger partial charge in [0.1, 0.15) is 16.0 Å². The molecule has 2 rings (SSSR count). The summed E-state index contributed by atoms with van der Waals surface area (Å²) in [5.41, 5.74) is 1.23. The second-order valence-corrected chi connectivity index (χ2v) is 6.08. The van der Waals surface area contributed by atoms with Gasteiger partial charge in [-0.05, 0) is 52.7 Å². The van der Waals surface area contributed by atoms with Crippen molar-refractivity contribution < 1.29 is 9.47 Å². The van der Waals surface area contributed by atoms with Crippen molar-refractivity contribution in [3.8, 4) is 11.5 Å². The Balaban J connectivity index is 2.35. The van der Waals surface area contributed by atoms with Crippen molar-refractivity contribution in [2.75, 3.05) is 14.2 Å². The first-order chi connectivity index (χ1) is 8.67. The lowest BCUT2D eigenvalue weighted by Crippen LogP contribution is -2.14. The SMILES string of the molecule is COc1ccc(C2CCCC(Cl)C2)c(OC)c1Br. The van der Waals surface area contributed by atoms with Crippen molar-refractivity contribution in [2.45, 2.75) is 37.0 Å². The first-order valence-electron chi connectivity index (χ1n) is 6.21. The fourth-order valence-corrected chi connectivity index (χ4v) is 3.71. The Morgan fingerprint density at radius 3 is 2.61 bits per heavy atom. The zero-order chi connectivity index (χ0) is 13.1. The molecule has 0 N–H and O–H groups in total. The predicted molar refractivity (Wildman–Crippen MR) is 78.1 cm³/mol. The third-order valence-electron chi connectivity index (χ3n) is 3.57. The number of alkyl halides is 1. The Morgan fingerprint density at radius 2 is 2.00 bits per heavy atom. The Morgan fingerprint density at radius 1 is 1.22 bits per heavy atom. The van der Waals surface area contributed by atoms with Crippen LogP contribution in [0.1, 0.15) is 37.2 Å². The standard InChI is InChI=1S/C14H18BrClO2/c1-17-12-7-6-11(14(18-2)13(12)15)9-4-3-5-10(16)8-9/h6-7,9-10H,3-5,8H2,1-2H3. The highest BCUT2D eigenvalue weighted by molar-refractivity contribution is 9.10. The molecule has 0 spiro atoms. The van der Waals surface area contributed by atoms with Crippen LogP contribution in [-0.2, 0) is 0 Å². The van der Waals surface area contributed by atoms with Gasteiger partial charge in [-0.2, -0.15) is 0 Å². The first-order valence-corrected chi connectivity index (χ1v) is 7.44. The van der Waals surface area contributed by atoms with Gasteiger partial charge in [0.15, 0.2) is 0 Å². The van der Waals surface area contributed by atoms with Crippen LogP contribution in [0.25, 0.3) is 0 Å². The number of methoxy groups -OCH3 is 2. The van der Waals surface area contributed by atoms with Gasteiger partial charge in [0.05, 0.1) is 14.2 Å². The van der Waals surface area contributed by atoms with Crippen LogP contribution in [0.5, 0.6) is 11.5 Å². The highest BCUT2D eigenvalue weighted by Gasteiger charge is 2.25. The van der Waals surface area contributed by atoms with Crippen molar-refractivity contribution in [3.05, 3.63) is 22.2 Å². The van der Waals surface area contributed by atoms with Crippen LogP contribution in [0.2, 0.25) is 0 Å². The molecule has 0 heterocycles. The molecule has 1 aromatic rings. The molecule has 0 radical (unpaired) electrons. The van der Waals surface area contributed by atoms with Crippen LogP contribution in [-0.4, -0.2) is 19.6 Å². The summed E-state index contributed by atoms with van der Waals surface area (Å²) in [5, 5.41) is 0.286. The van der Waals surface area contributed by atoms with Crippen LogP contribution in [0.4, 0.5) is 0 Å². The normalized spacial score (nSPS) is 23.8. The number of hydrogen-bond donors (Lipinski definition) is 0. The second kappa shape index (κ2) is 6.16. The molecule has 0 amide bonds. The van der Waals surface area contributed by atoms with Crippen LogP contribution >= 0.6 is 27.5 Å². The van der Waals surface area contributed by atoms with E-state index in [9.17, 15) is 0 Å². The van der Waals surface area contributed by atoms with E-state index in [1.807, 2.05) is 6.07 Å². The molecule has 0 bridgehead atoms. The van der Waals surface area contributed by atoms with Gasteiger partial charge < -0.3 is 9.47 Å². The molecule has 1 saturated carbocycles. The number of ether oxygens (including phenoxy) is 2. The maximum absolute atomic E-state index is 6.28. The highest BCUT2D eigenvalue weighted by atomic mass is 79.9. The van der Waals surface area contributed by atoms with Crippen molar-refractivity contribution in [2.24, 2.45) is 0 Å². The average Bonchev–Trinajstić information content (AvgIpc) is 2.38. The minimum absolute atomic E-state index is 0.286. The number of hydrogen-bond acceptors (Lipinski definition) is 2. The maximum atomic E-state index is 6.28. The number of rotatable bonds is 3.